The topological polar surface area (TPSA) is 49.4 Å². The molecule has 1 heterocycles. The van der Waals surface area contributed by atoms with Gasteiger partial charge in [0.1, 0.15) is 0 Å². The van der Waals surface area contributed by atoms with Crippen LogP contribution < -0.4 is 5.32 Å². The molecule has 0 aromatic heterocycles. The third kappa shape index (κ3) is 3.48. The van der Waals surface area contributed by atoms with E-state index in [0.717, 1.165) is 58.0 Å². The summed E-state index contributed by atoms with van der Waals surface area (Å²) < 4.78 is 0. The maximum Gasteiger partial charge on any atom is 0.223 e. The molecule has 1 spiro atoms. The fourth-order valence-corrected chi connectivity index (χ4v) is 3.50. The van der Waals surface area contributed by atoms with Gasteiger partial charge in [0.2, 0.25) is 12.3 Å². The zero-order valence-corrected chi connectivity index (χ0v) is 12.2. The zero-order chi connectivity index (χ0) is 13.9. The number of hydrogen-bond acceptors (Lipinski definition) is 2. The van der Waals surface area contributed by atoms with Gasteiger partial charge in [-0.1, -0.05) is 0 Å². The van der Waals surface area contributed by atoms with Crippen LogP contribution in [0.1, 0.15) is 52.4 Å². The first-order valence-electron chi connectivity index (χ1n) is 7.54. The number of carbonyl (C=O) groups is 2. The van der Waals surface area contributed by atoms with Crippen molar-refractivity contribution in [3.8, 4) is 0 Å². The van der Waals surface area contributed by atoms with Crippen LogP contribution in [-0.2, 0) is 9.59 Å². The molecule has 2 fully saturated rings. The smallest absolute Gasteiger partial charge is 0.223 e. The van der Waals surface area contributed by atoms with Crippen molar-refractivity contribution in [3.05, 3.63) is 0 Å². The van der Waals surface area contributed by atoms with E-state index >= 15 is 0 Å². The Labute approximate surface area is 115 Å². The highest BCUT2D eigenvalue weighted by molar-refractivity contribution is 5.78. The lowest BCUT2D eigenvalue weighted by molar-refractivity contribution is -0.127. The molecule has 0 atom stereocenters. The molecule has 2 amide bonds. The van der Waals surface area contributed by atoms with E-state index in [1.54, 1.807) is 0 Å². The minimum Gasteiger partial charge on any atom is -0.354 e. The highest BCUT2D eigenvalue weighted by atomic mass is 16.2. The zero-order valence-electron chi connectivity index (χ0n) is 12.2. The lowest BCUT2D eigenvalue weighted by atomic mass is 9.65. The molecular weight excluding hydrogens is 240 g/mol. The van der Waals surface area contributed by atoms with E-state index in [1.165, 1.54) is 0 Å². The number of nitrogens with zero attached hydrogens (tertiary/aromatic N) is 1. The molecular formula is C15H26N2O2. The van der Waals surface area contributed by atoms with Gasteiger partial charge in [0, 0.05) is 25.0 Å². The Bertz CT molecular complexity index is 323. The fourth-order valence-electron chi connectivity index (χ4n) is 3.50. The summed E-state index contributed by atoms with van der Waals surface area (Å²) in [5.41, 5.74) is 0.411. The van der Waals surface area contributed by atoms with Gasteiger partial charge < -0.3 is 10.2 Å². The first kappa shape index (κ1) is 14.4. The van der Waals surface area contributed by atoms with Gasteiger partial charge in [-0.05, 0) is 57.8 Å². The standard InChI is InChI=1S/C15H26N2O2/c1-12(2)16-14(19)13-3-5-15(6-4-13)7-9-17(11-18)10-8-15/h11-13H,3-10H2,1-2H3,(H,16,19). The Morgan fingerprint density at radius 3 is 2.26 bits per heavy atom. The van der Waals surface area contributed by atoms with Crippen LogP contribution in [0.5, 0.6) is 0 Å². The van der Waals surface area contributed by atoms with Crippen LogP contribution in [0, 0.1) is 11.3 Å². The minimum absolute atomic E-state index is 0.206. The predicted octanol–water partition coefficient (Wildman–Crippen LogP) is 1.94. The maximum absolute atomic E-state index is 12.0. The molecule has 4 heteroatoms. The molecule has 0 aromatic rings. The van der Waals surface area contributed by atoms with Gasteiger partial charge in [-0.25, -0.2) is 0 Å². The van der Waals surface area contributed by atoms with Gasteiger partial charge in [-0.15, -0.1) is 0 Å². The fraction of sp³-hybridized carbons (Fsp3) is 0.867. The van der Waals surface area contributed by atoms with Gasteiger partial charge in [0.25, 0.3) is 0 Å². The summed E-state index contributed by atoms with van der Waals surface area (Å²) in [5.74, 6) is 0.437. The molecule has 108 valence electrons. The van der Waals surface area contributed by atoms with Crippen LogP contribution in [0.3, 0.4) is 0 Å². The monoisotopic (exact) mass is 266 g/mol. The number of nitrogens with one attached hydrogen (secondary N) is 1. The van der Waals surface area contributed by atoms with E-state index in [9.17, 15) is 9.59 Å². The van der Waals surface area contributed by atoms with E-state index < -0.39 is 0 Å². The van der Waals surface area contributed by atoms with Gasteiger partial charge in [-0.2, -0.15) is 0 Å². The number of hydrogen-bond donors (Lipinski definition) is 1. The molecule has 1 saturated carbocycles. The molecule has 1 aliphatic carbocycles. The SMILES string of the molecule is CC(C)NC(=O)C1CCC2(CC1)CCN(C=O)CC2. The molecule has 2 aliphatic rings. The molecule has 4 nitrogen and oxygen atoms in total. The molecule has 2 rings (SSSR count). The number of piperidine rings is 1. The minimum atomic E-state index is 0.206. The molecule has 0 aromatic carbocycles. The van der Waals surface area contributed by atoms with Gasteiger partial charge in [0.15, 0.2) is 0 Å². The van der Waals surface area contributed by atoms with Crippen molar-refractivity contribution in [2.45, 2.75) is 58.4 Å². The molecule has 0 bridgehead atoms. The maximum atomic E-state index is 12.0. The largest absolute Gasteiger partial charge is 0.354 e. The van der Waals surface area contributed by atoms with Crippen molar-refractivity contribution in [1.29, 1.82) is 0 Å². The average molecular weight is 266 g/mol. The van der Waals surface area contributed by atoms with E-state index in [-0.39, 0.29) is 17.9 Å². The average Bonchev–Trinajstić information content (AvgIpc) is 2.40. The summed E-state index contributed by atoms with van der Waals surface area (Å²) >= 11 is 0. The van der Waals surface area contributed by atoms with Crippen molar-refractivity contribution >= 4 is 12.3 Å². The Balaban J connectivity index is 1.82. The van der Waals surface area contributed by atoms with Gasteiger partial charge in [0.05, 0.1) is 0 Å². The van der Waals surface area contributed by atoms with Crippen LogP contribution in [0.25, 0.3) is 0 Å². The summed E-state index contributed by atoms with van der Waals surface area (Å²) in [7, 11) is 0. The van der Waals surface area contributed by atoms with Crippen molar-refractivity contribution in [1.82, 2.24) is 10.2 Å². The van der Waals surface area contributed by atoms with Gasteiger partial charge in [-0.3, -0.25) is 9.59 Å². The molecule has 1 saturated heterocycles. The summed E-state index contributed by atoms with van der Waals surface area (Å²) in [6.45, 7) is 5.81. The number of rotatable bonds is 3. The highest BCUT2D eigenvalue weighted by Gasteiger charge is 2.39. The Kier molecular flexibility index (Phi) is 4.48. The second-order valence-corrected chi connectivity index (χ2v) is 6.58. The summed E-state index contributed by atoms with van der Waals surface area (Å²) in [6.07, 6.45) is 7.52. The van der Waals surface area contributed by atoms with Crippen molar-refractivity contribution in [2.24, 2.45) is 11.3 Å². The Hall–Kier alpha value is -1.06. The third-order valence-corrected chi connectivity index (χ3v) is 4.86. The van der Waals surface area contributed by atoms with Crippen molar-refractivity contribution in [2.75, 3.05) is 13.1 Å². The van der Waals surface area contributed by atoms with Crippen molar-refractivity contribution < 1.29 is 9.59 Å². The van der Waals surface area contributed by atoms with Crippen LogP contribution in [-0.4, -0.2) is 36.3 Å². The Morgan fingerprint density at radius 1 is 1.21 bits per heavy atom. The van der Waals surface area contributed by atoms with E-state index in [0.29, 0.717) is 5.41 Å². The summed E-state index contributed by atoms with van der Waals surface area (Å²) in [4.78, 5) is 24.6. The molecule has 0 radical (unpaired) electrons. The number of carbonyl (C=O) groups excluding carboxylic acids is 2. The summed E-state index contributed by atoms with van der Waals surface area (Å²) in [6, 6.07) is 0.235. The first-order chi connectivity index (χ1) is 9.04. The van der Waals surface area contributed by atoms with Crippen LogP contribution >= 0.6 is 0 Å². The first-order valence-corrected chi connectivity index (χ1v) is 7.54. The van der Waals surface area contributed by atoms with E-state index in [4.69, 9.17) is 0 Å². The molecule has 1 aliphatic heterocycles. The second kappa shape index (κ2) is 5.93. The predicted molar refractivity (Wildman–Crippen MR) is 74.5 cm³/mol. The highest BCUT2D eigenvalue weighted by Crippen LogP contribution is 2.46. The molecule has 1 N–H and O–H groups in total. The quantitative estimate of drug-likeness (QED) is 0.794. The lowest BCUT2D eigenvalue weighted by Gasteiger charge is -2.45. The second-order valence-electron chi connectivity index (χ2n) is 6.58. The van der Waals surface area contributed by atoms with Crippen LogP contribution in [0.15, 0.2) is 0 Å². The van der Waals surface area contributed by atoms with E-state index in [2.05, 4.69) is 5.32 Å². The van der Waals surface area contributed by atoms with Crippen molar-refractivity contribution in [3.63, 3.8) is 0 Å². The third-order valence-electron chi connectivity index (χ3n) is 4.86. The Morgan fingerprint density at radius 2 is 1.79 bits per heavy atom. The number of amides is 2. The summed E-state index contributed by atoms with van der Waals surface area (Å²) in [5, 5.41) is 3.03. The molecule has 0 unspecified atom stereocenters. The van der Waals surface area contributed by atoms with Crippen LogP contribution in [0.2, 0.25) is 0 Å². The normalized spacial score (nSPS) is 23.6. The van der Waals surface area contributed by atoms with E-state index in [1.807, 2.05) is 18.7 Å². The lowest BCUT2D eigenvalue weighted by Crippen LogP contribution is -2.44. The molecule has 19 heavy (non-hydrogen) atoms. The van der Waals surface area contributed by atoms with Crippen LogP contribution in [0.4, 0.5) is 0 Å². The number of likely N-dealkylation sites (tertiary alicyclic amines) is 1. The van der Waals surface area contributed by atoms with Gasteiger partial charge >= 0.3 is 0 Å².